The van der Waals surface area contributed by atoms with Crippen molar-refractivity contribution in [2.45, 2.75) is 58.2 Å². The van der Waals surface area contributed by atoms with Crippen LogP contribution in [0.1, 0.15) is 49.6 Å². The van der Waals surface area contributed by atoms with Crippen molar-refractivity contribution in [2.75, 3.05) is 11.4 Å². The lowest BCUT2D eigenvalue weighted by molar-refractivity contribution is -0.120. The largest absolute Gasteiger partial charge is 0.310 e. The van der Waals surface area contributed by atoms with Gasteiger partial charge in [0.25, 0.3) is 0 Å². The number of carbonyl (C=O) groups is 1. The number of aromatic nitrogens is 2. The number of amides is 1. The Kier molecular flexibility index (Phi) is 4.34. The number of rotatable bonds is 4. The first kappa shape index (κ1) is 16.3. The predicted octanol–water partition coefficient (Wildman–Crippen LogP) is 2.85. The number of fused-ring (bicyclic) bond motifs is 2. The lowest BCUT2D eigenvalue weighted by atomic mass is 9.92. The Morgan fingerprint density at radius 3 is 3.04 bits per heavy atom. The molecule has 2 aromatic rings. The highest BCUT2D eigenvalue weighted by atomic mass is 16.2. The molecule has 0 fully saturated rings. The number of benzene rings is 1. The van der Waals surface area contributed by atoms with Gasteiger partial charge in [-0.15, -0.1) is 0 Å². The van der Waals surface area contributed by atoms with Gasteiger partial charge in [-0.1, -0.05) is 18.2 Å². The molecular weight excluding hydrogens is 312 g/mol. The molecule has 0 radical (unpaired) electrons. The quantitative estimate of drug-likeness (QED) is 0.933. The van der Waals surface area contributed by atoms with Crippen LogP contribution in [0, 0.1) is 0 Å². The summed E-state index contributed by atoms with van der Waals surface area (Å²) < 4.78 is 2.09. The van der Waals surface area contributed by atoms with E-state index in [0.29, 0.717) is 0 Å². The zero-order valence-corrected chi connectivity index (χ0v) is 15.0. The van der Waals surface area contributed by atoms with E-state index in [1.165, 1.54) is 16.8 Å². The van der Waals surface area contributed by atoms with Gasteiger partial charge in [-0.25, -0.2) is 0 Å². The van der Waals surface area contributed by atoms with E-state index in [0.717, 1.165) is 44.5 Å². The third-order valence-electron chi connectivity index (χ3n) is 5.54. The van der Waals surface area contributed by atoms with Gasteiger partial charge in [0, 0.05) is 36.1 Å². The van der Waals surface area contributed by atoms with Gasteiger partial charge >= 0.3 is 0 Å². The molecule has 5 nitrogen and oxygen atoms in total. The molecule has 5 heteroatoms. The Balaban J connectivity index is 1.49. The summed E-state index contributed by atoms with van der Waals surface area (Å²) in [6, 6.07) is 8.25. The summed E-state index contributed by atoms with van der Waals surface area (Å²) in [5, 5.41) is 8.08. The number of anilines is 1. The fraction of sp³-hybridized carbons (Fsp3) is 0.500. The second kappa shape index (κ2) is 6.64. The molecule has 4 rings (SSSR count). The Morgan fingerprint density at radius 2 is 2.20 bits per heavy atom. The average Bonchev–Trinajstić information content (AvgIpc) is 3.25. The summed E-state index contributed by atoms with van der Waals surface area (Å²) in [4.78, 5) is 14.9. The number of hydrogen-bond donors (Lipinski definition) is 1. The summed E-state index contributed by atoms with van der Waals surface area (Å²) in [6.45, 7) is 5.80. The number of para-hydroxylation sites is 1. The van der Waals surface area contributed by atoms with Crippen LogP contribution in [0.3, 0.4) is 0 Å². The number of nitrogens with one attached hydrogen (secondary N) is 1. The molecule has 0 saturated heterocycles. The van der Waals surface area contributed by atoms with Gasteiger partial charge in [0.15, 0.2) is 0 Å². The second-order valence-electron chi connectivity index (χ2n) is 7.06. The molecule has 2 atom stereocenters. The van der Waals surface area contributed by atoms with E-state index in [1.54, 1.807) is 0 Å². The zero-order valence-electron chi connectivity index (χ0n) is 15.0. The molecule has 0 unspecified atom stereocenters. The van der Waals surface area contributed by atoms with Crippen LogP contribution in [0.2, 0.25) is 0 Å². The maximum Gasteiger partial charge on any atom is 0.243 e. The molecule has 2 heterocycles. The number of carbonyl (C=O) groups excluding carboxylic acids is 1. The Morgan fingerprint density at radius 1 is 1.36 bits per heavy atom. The van der Waals surface area contributed by atoms with Gasteiger partial charge in [-0.2, -0.15) is 5.10 Å². The minimum Gasteiger partial charge on any atom is -0.310 e. The standard InChI is InChI=1S/C20H26N4O/c1-3-24-19-10-6-8-17(16(19)13-21-24)22-14(2)20(25)23-12-11-15-7-4-5-9-18(15)23/h4-5,7,9,13-14,17,22H,3,6,8,10-12H2,1-2H3/t14-,17-/m0/s1. The van der Waals surface area contributed by atoms with E-state index in [4.69, 9.17) is 0 Å². The molecule has 1 N–H and O–H groups in total. The van der Waals surface area contributed by atoms with Crippen LogP contribution in [0.5, 0.6) is 0 Å². The minimum absolute atomic E-state index is 0.167. The van der Waals surface area contributed by atoms with Crippen molar-refractivity contribution in [1.29, 1.82) is 0 Å². The second-order valence-corrected chi connectivity index (χ2v) is 7.06. The Bertz CT molecular complexity index is 782. The maximum atomic E-state index is 13.0. The van der Waals surface area contributed by atoms with Gasteiger partial charge in [-0.3, -0.25) is 14.8 Å². The van der Waals surface area contributed by atoms with Crippen LogP contribution in [0.25, 0.3) is 0 Å². The van der Waals surface area contributed by atoms with Crippen molar-refractivity contribution in [3.05, 3.63) is 47.3 Å². The van der Waals surface area contributed by atoms with Gasteiger partial charge in [0.05, 0.1) is 12.2 Å². The van der Waals surface area contributed by atoms with Crippen LogP contribution >= 0.6 is 0 Å². The fourth-order valence-corrected chi connectivity index (χ4v) is 4.24. The SMILES string of the molecule is CCn1ncc2c1CCC[C@@H]2N[C@@H](C)C(=O)N1CCc2ccccc21. The number of nitrogens with zero attached hydrogens (tertiary/aromatic N) is 3. The molecule has 25 heavy (non-hydrogen) atoms. The third-order valence-corrected chi connectivity index (χ3v) is 5.54. The van der Waals surface area contributed by atoms with Gasteiger partial charge in [-0.05, 0) is 51.2 Å². The zero-order chi connectivity index (χ0) is 17.4. The van der Waals surface area contributed by atoms with E-state index >= 15 is 0 Å². The van der Waals surface area contributed by atoms with E-state index in [9.17, 15) is 4.79 Å². The van der Waals surface area contributed by atoms with Crippen LogP contribution in [0.15, 0.2) is 30.5 Å². The molecule has 0 bridgehead atoms. The van der Waals surface area contributed by atoms with Crippen molar-refractivity contribution in [3.8, 4) is 0 Å². The molecule has 1 aromatic carbocycles. The third kappa shape index (κ3) is 2.86. The molecule has 1 aliphatic carbocycles. The summed E-state index contributed by atoms with van der Waals surface area (Å²) in [7, 11) is 0. The number of hydrogen-bond acceptors (Lipinski definition) is 3. The summed E-state index contributed by atoms with van der Waals surface area (Å²) in [5.41, 5.74) is 4.95. The van der Waals surface area contributed by atoms with Crippen molar-refractivity contribution < 1.29 is 4.79 Å². The Labute approximate surface area is 149 Å². The highest BCUT2D eigenvalue weighted by Crippen LogP contribution is 2.31. The van der Waals surface area contributed by atoms with Gasteiger partial charge in [0.2, 0.25) is 5.91 Å². The van der Waals surface area contributed by atoms with Crippen molar-refractivity contribution in [3.63, 3.8) is 0 Å². The topological polar surface area (TPSA) is 50.2 Å². The smallest absolute Gasteiger partial charge is 0.243 e. The minimum atomic E-state index is -0.202. The van der Waals surface area contributed by atoms with Crippen molar-refractivity contribution >= 4 is 11.6 Å². The summed E-state index contributed by atoms with van der Waals surface area (Å²) in [5.74, 6) is 0.167. The summed E-state index contributed by atoms with van der Waals surface area (Å²) in [6.07, 6.45) is 6.23. The molecule has 132 valence electrons. The molecule has 2 aliphatic rings. The molecular formula is C20H26N4O. The molecule has 1 amide bonds. The number of aryl methyl sites for hydroxylation is 1. The van der Waals surface area contributed by atoms with E-state index in [2.05, 4.69) is 34.2 Å². The first-order chi connectivity index (χ1) is 12.2. The van der Waals surface area contributed by atoms with Crippen LogP contribution < -0.4 is 10.2 Å². The maximum absolute atomic E-state index is 13.0. The van der Waals surface area contributed by atoms with Crippen LogP contribution in [-0.4, -0.2) is 28.3 Å². The first-order valence-electron chi connectivity index (χ1n) is 9.39. The normalized spacial score (nSPS) is 20.2. The fourth-order valence-electron chi connectivity index (χ4n) is 4.24. The van der Waals surface area contributed by atoms with Crippen molar-refractivity contribution in [1.82, 2.24) is 15.1 Å². The lowest BCUT2D eigenvalue weighted by Crippen LogP contribution is -2.46. The van der Waals surface area contributed by atoms with Gasteiger partial charge < -0.3 is 4.90 Å². The molecule has 1 aromatic heterocycles. The monoisotopic (exact) mass is 338 g/mol. The molecule has 0 spiro atoms. The van der Waals surface area contributed by atoms with E-state index in [1.807, 2.05) is 30.2 Å². The predicted molar refractivity (Wildman–Crippen MR) is 98.7 cm³/mol. The highest BCUT2D eigenvalue weighted by molar-refractivity contribution is 5.98. The van der Waals surface area contributed by atoms with Crippen LogP contribution in [0.4, 0.5) is 5.69 Å². The first-order valence-corrected chi connectivity index (χ1v) is 9.39. The van der Waals surface area contributed by atoms with Gasteiger partial charge in [0.1, 0.15) is 0 Å². The van der Waals surface area contributed by atoms with E-state index in [-0.39, 0.29) is 18.0 Å². The van der Waals surface area contributed by atoms with Crippen LogP contribution in [-0.2, 0) is 24.2 Å². The molecule has 0 saturated carbocycles. The van der Waals surface area contributed by atoms with Crippen molar-refractivity contribution in [2.24, 2.45) is 0 Å². The van der Waals surface area contributed by atoms with E-state index < -0.39 is 0 Å². The Hall–Kier alpha value is -2.14. The lowest BCUT2D eigenvalue weighted by Gasteiger charge is -2.29. The summed E-state index contributed by atoms with van der Waals surface area (Å²) >= 11 is 0. The highest BCUT2D eigenvalue weighted by Gasteiger charge is 2.31. The average molecular weight is 338 g/mol. The molecule has 1 aliphatic heterocycles.